The summed E-state index contributed by atoms with van der Waals surface area (Å²) >= 11 is 7.01. The summed E-state index contributed by atoms with van der Waals surface area (Å²) in [6, 6.07) is 11.3. The van der Waals surface area contributed by atoms with Crippen LogP contribution in [0, 0.1) is 13.8 Å². The lowest BCUT2D eigenvalue weighted by Crippen LogP contribution is -2.17. The molecule has 0 aliphatic carbocycles. The van der Waals surface area contributed by atoms with Gasteiger partial charge in [-0.05, 0) is 79.0 Å². The van der Waals surface area contributed by atoms with Crippen molar-refractivity contribution in [2.75, 3.05) is 20.3 Å². The highest BCUT2D eigenvalue weighted by Gasteiger charge is 2.29. The Balaban J connectivity index is 2.18. The van der Waals surface area contributed by atoms with E-state index < -0.39 is 11.9 Å². The molecule has 0 aliphatic heterocycles. The van der Waals surface area contributed by atoms with Crippen LogP contribution in [0.15, 0.2) is 45.3 Å². The molecular weight excluding hydrogens is 594 g/mol. The van der Waals surface area contributed by atoms with Crippen molar-refractivity contribution in [1.29, 1.82) is 0 Å². The first-order valence-corrected chi connectivity index (χ1v) is 12.9. The van der Waals surface area contributed by atoms with Crippen LogP contribution in [-0.2, 0) is 16.1 Å². The number of carbonyl (C=O) groups excluding carboxylic acids is 2. The molecule has 0 atom stereocenters. The molecule has 0 radical (unpaired) electrons. The van der Waals surface area contributed by atoms with Crippen LogP contribution in [-0.4, -0.2) is 37.2 Å². The molecule has 9 heteroatoms. The third-order valence-corrected chi connectivity index (χ3v) is 6.45. The van der Waals surface area contributed by atoms with E-state index in [1.54, 1.807) is 39.8 Å². The number of hydrogen-bond donors (Lipinski definition) is 0. The van der Waals surface area contributed by atoms with E-state index in [0.717, 1.165) is 10.0 Å². The zero-order chi connectivity index (χ0) is 26.4. The molecule has 36 heavy (non-hydrogen) atoms. The van der Waals surface area contributed by atoms with Crippen LogP contribution >= 0.6 is 31.9 Å². The van der Waals surface area contributed by atoms with Crippen molar-refractivity contribution in [1.82, 2.24) is 4.98 Å². The minimum Gasteiger partial charge on any atom is -0.493 e. The van der Waals surface area contributed by atoms with E-state index in [9.17, 15) is 9.59 Å². The third kappa shape index (κ3) is 6.07. The summed E-state index contributed by atoms with van der Waals surface area (Å²) in [5, 5.41) is 0. The lowest BCUT2D eigenvalue weighted by atomic mass is 9.92. The van der Waals surface area contributed by atoms with Crippen molar-refractivity contribution < 1.29 is 28.5 Å². The molecule has 0 unspecified atom stereocenters. The van der Waals surface area contributed by atoms with E-state index >= 15 is 0 Å². The zero-order valence-corrected chi connectivity index (χ0v) is 23.9. The minimum absolute atomic E-state index is 0.177. The fourth-order valence-electron chi connectivity index (χ4n) is 3.79. The second-order valence-corrected chi connectivity index (χ2v) is 9.52. The Morgan fingerprint density at radius 2 is 1.44 bits per heavy atom. The van der Waals surface area contributed by atoms with Gasteiger partial charge in [-0.25, -0.2) is 9.59 Å². The molecule has 0 aliphatic rings. The molecule has 0 spiro atoms. The van der Waals surface area contributed by atoms with Crippen molar-refractivity contribution in [3.63, 3.8) is 0 Å². The number of esters is 2. The average molecular weight is 621 g/mol. The molecule has 3 aromatic rings. The number of benzene rings is 2. The van der Waals surface area contributed by atoms with Crippen molar-refractivity contribution in [2.45, 2.75) is 34.3 Å². The van der Waals surface area contributed by atoms with Gasteiger partial charge in [-0.15, -0.1) is 0 Å². The summed E-state index contributed by atoms with van der Waals surface area (Å²) in [4.78, 5) is 30.5. The van der Waals surface area contributed by atoms with E-state index in [1.807, 2.05) is 24.3 Å². The number of halogens is 2. The Morgan fingerprint density at radius 3 is 1.94 bits per heavy atom. The SMILES string of the molecule is CCOC(=O)c1c(C)nc(C)c(C(=O)OCC)c1-c1cc(Br)c(OCc2ccc(Br)cc2)c(OC)c1. The number of aromatic nitrogens is 1. The van der Waals surface area contributed by atoms with Gasteiger partial charge >= 0.3 is 11.9 Å². The van der Waals surface area contributed by atoms with E-state index in [0.29, 0.717) is 45.1 Å². The topological polar surface area (TPSA) is 84.0 Å². The molecule has 2 aromatic carbocycles. The predicted molar refractivity (Wildman–Crippen MR) is 144 cm³/mol. The van der Waals surface area contributed by atoms with Gasteiger partial charge in [-0.2, -0.15) is 0 Å². The number of carbonyl (C=O) groups is 2. The van der Waals surface area contributed by atoms with Crippen LogP contribution in [0.3, 0.4) is 0 Å². The van der Waals surface area contributed by atoms with Gasteiger partial charge in [-0.3, -0.25) is 4.98 Å². The quantitative estimate of drug-likeness (QED) is 0.242. The van der Waals surface area contributed by atoms with Crippen LogP contribution in [0.25, 0.3) is 11.1 Å². The highest BCUT2D eigenvalue weighted by Crippen LogP contribution is 2.42. The second kappa shape index (κ2) is 12.4. The van der Waals surface area contributed by atoms with Gasteiger partial charge in [0, 0.05) is 10.0 Å². The Bertz CT molecular complexity index is 1230. The molecule has 0 amide bonds. The van der Waals surface area contributed by atoms with Gasteiger partial charge in [-0.1, -0.05) is 28.1 Å². The molecule has 1 heterocycles. The first kappa shape index (κ1) is 27.7. The van der Waals surface area contributed by atoms with Crippen LogP contribution in [0.4, 0.5) is 0 Å². The smallest absolute Gasteiger partial charge is 0.340 e. The van der Waals surface area contributed by atoms with Crippen molar-refractivity contribution in [3.8, 4) is 22.6 Å². The van der Waals surface area contributed by atoms with Crippen molar-refractivity contribution >= 4 is 43.8 Å². The normalized spacial score (nSPS) is 10.6. The van der Waals surface area contributed by atoms with E-state index in [-0.39, 0.29) is 24.3 Å². The Morgan fingerprint density at radius 1 is 0.889 bits per heavy atom. The van der Waals surface area contributed by atoms with Gasteiger partial charge in [0.05, 0.1) is 47.3 Å². The van der Waals surface area contributed by atoms with Crippen LogP contribution in [0.2, 0.25) is 0 Å². The van der Waals surface area contributed by atoms with Crippen LogP contribution < -0.4 is 9.47 Å². The zero-order valence-electron chi connectivity index (χ0n) is 20.7. The molecular formula is C27H27Br2NO6. The number of ether oxygens (including phenoxy) is 4. The lowest BCUT2D eigenvalue weighted by Gasteiger charge is -2.20. The first-order valence-electron chi connectivity index (χ1n) is 11.3. The number of hydrogen-bond acceptors (Lipinski definition) is 7. The van der Waals surface area contributed by atoms with Gasteiger partial charge in [0.25, 0.3) is 0 Å². The second-order valence-electron chi connectivity index (χ2n) is 7.75. The molecule has 1 aromatic heterocycles. The molecule has 0 bridgehead atoms. The summed E-state index contributed by atoms with van der Waals surface area (Å²) in [5.41, 5.74) is 3.18. The summed E-state index contributed by atoms with van der Waals surface area (Å²) in [5.74, 6) is -0.238. The number of pyridine rings is 1. The minimum atomic E-state index is -0.575. The van der Waals surface area contributed by atoms with Crippen molar-refractivity contribution in [2.24, 2.45) is 0 Å². The molecule has 3 rings (SSSR count). The van der Waals surface area contributed by atoms with E-state index in [4.69, 9.17) is 18.9 Å². The number of rotatable bonds is 9. The molecule has 0 saturated heterocycles. The first-order chi connectivity index (χ1) is 17.2. The lowest BCUT2D eigenvalue weighted by molar-refractivity contribution is 0.0525. The number of aryl methyl sites for hydroxylation is 2. The van der Waals surface area contributed by atoms with E-state index in [1.165, 1.54) is 7.11 Å². The average Bonchev–Trinajstić information content (AvgIpc) is 2.83. The maximum absolute atomic E-state index is 13.0. The molecule has 0 N–H and O–H groups in total. The van der Waals surface area contributed by atoms with Crippen molar-refractivity contribution in [3.05, 3.63) is 73.4 Å². The largest absolute Gasteiger partial charge is 0.493 e. The maximum atomic E-state index is 13.0. The third-order valence-electron chi connectivity index (χ3n) is 5.33. The summed E-state index contributed by atoms with van der Waals surface area (Å²) < 4.78 is 23.9. The van der Waals surface area contributed by atoms with Crippen LogP contribution in [0.1, 0.15) is 51.5 Å². The Labute approximate surface area is 227 Å². The predicted octanol–water partition coefficient (Wildman–Crippen LogP) is 6.83. The summed E-state index contributed by atoms with van der Waals surface area (Å²) in [6.07, 6.45) is 0. The fraction of sp³-hybridized carbons (Fsp3) is 0.296. The Hall–Kier alpha value is -2.91. The Kier molecular flexibility index (Phi) is 9.50. The van der Waals surface area contributed by atoms with Gasteiger partial charge < -0.3 is 18.9 Å². The molecule has 0 saturated carbocycles. The fourth-order valence-corrected chi connectivity index (χ4v) is 4.61. The highest BCUT2D eigenvalue weighted by molar-refractivity contribution is 9.10. The van der Waals surface area contributed by atoms with Crippen LogP contribution in [0.5, 0.6) is 11.5 Å². The standard InChI is InChI=1S/C27H27Br2NO6/c1-6-34-26(31)22-15(3)30-16(4)23(27(32)35-7-2)24(22)18-12-20(29)25(21(13-18)33-5)36-14-17-8-10-19(28)11-9-17/h8-13H,6-7,14H2,1-5H3. The monoisotopic (exact) mass is 619 g/mol. The highest BCUT2D eigenvalue weighted by atomic mass is 79.9. The van der Waals surface area contributed by atoms with Gasteiger partial charge in [0.1, 0.15) is 6.61 Å². The van der Waals surface area contributed by atoms with E-state index in [2.05, 4.69) is 36.8 Å². The molecule has 7 nitrogen and oxygen atoms in total. The maximum Gasteiger partial charge on any atom is 0.340 e. The van der Waals surface area contributed by atoms with Gasteiger partial charge in [0.15, 0.2) is 11.5 Å². The summed E-state index contributed by atoms with van der Waals surface area (Å²) in [6.45, 7) is 7.53. The molecule has 190 valence electrons. The van der Waals surface area contributed by atoms with Gasteiger partial charge in [0.2, 0.25) is 0 Å². The summed E-state index contributed by atoms with van der Waals surface area (Å²) in [7, 11) is 1.53. The number of methoxy groups -OCH3 is 1. The number of nitrogens with zero attached hydrogens (tertiary/aromatic N) is 1. The molecule has 0 fully saturated rings.